The largest absolute Gasteiger partial charge is 0.410 e. The summed E-state index contributed by atoms with van der Waals surface area (Å²) in [7, 11) is 0. The van der Waals surface area contributed by atoms with Crippen LogP contribution in [0.15, 0.2) is 18.2 Å². The van der Waals surface area contributed by atoms with Crippen LogP contribution >= 0.6 is 0 Å². The van der Waals surface area contributed by atoms with Gasteiger partial charge in [0.2, 0.25) is 0 Å². The fourth-order valence-electron chi connectivity index (χ4n) is 1.28. The van der Waals surface area contributed by atoms with Gasteiger partial charge in [-0.15, -0.1) is 0 Å². The standard InChI is InChI=1S/C12H15FN2O3/c1-12(2,3)15-10(16)8-6-7(13)4-5-9(8)18-11(14)17/h4-6H,1-3H3,(H2,14,17)(H,15,16). The van der Waals surface area contributed by atoms with E-state index in [9.17, 15) is 14.0 Å². The van der Waals surface area contributed by atoms with Crippen LogP contribution in [0.5, 0.6) is 5.75 Å². The molecule has 18 heavy (non-hydrogen) atoms. The molecule has 0 aliphatic carbocycles. The van der Waals surface area contributed by atoms with E-state index in [1.165, 1.54) is 6.07 Å². The maximum atomic E-state index is 13.1. The van der Waals surface area contributed by atoms with Gasteiger partial charge in [0.05, 0.1) is 5.56 Å². The van der Waals surface area contributed by atoms with E-state index in [2.05, 4.69) is 10.1 Å². The van der Waals surface area contributed by atoms with Gasteiger partial charge in [-0.25, -0.2) is 9.18 Å². The Morgan fingerprint density at radius 2 is 1.94 bits per heavy atom. The highest BCUT2D eigenvalue weighted by Gasteiger charge is 2.20. The quantitative estimate of drug-likeness (QED) is 0.844. The Morgan fingerprint density at radius 3 is 2.44 bits per heavy atom. The van der Waals surface area contributed by atoms with Gasteiger partial charge in [0, 0.05) is 5.54 Å². The molecule has 0 fully saturated rings. The van der Waals surface area contributed by atoms with Gasteiger partial charge in [0.25, 0.3) is 5.91 Å². The lowest BCUT2D eigenvalue weighted by Crippen LogP contribution is -2.40. The van der Waals surface area contributed by atoms with Crippen LogP contribution in [0, 0.1) is 5.82 Å². The fourth-order valence-corrected chi connectivity index (χ4v) is 1.28. The second-order valence-corrected chi connectivity index (χ2v) is 4.77. The molecule has 0 spiro atoms. The number of carbonyl (C=O) groups excluding carboxylic acids is 2. The Bertz CT molecular complexity index is 481. The summed E-state index contributed by atoms with van der Waals surface area (Å²) in [4.78, 5) is 22.6. The van der Waals surface area contributed by atoms with E-state index in [1.54, 1.807) is 20.8 Å². The second-order valence-electron chi connectivity index (χ2n) is 4.77. The van der Waals surface area contributed by atoms with E-state index in [0.717, 1.165) is 12.1 Å². The van der Waals surface area contributed by atoms with Crippen molar-refractivity contribution >= 4 is 12.0 Å². The first-order valence-electron chi connectivity index (χ1n) is 5.28. The zero-order chi connectivity index (χ0) is 13.9. The summed E-state index contributed by atoms with van der Waals surface area (Å²) in [5, 5.41) is 2.64. The fraction of sp³-hybridized carbons (Fsp3) is 0.333. The Balaban J connectivity index is 3.08. The maximum absolute atomic E-state index is 13.1. The molecule has 5 nitrogen and oxygen atoms in total. The van der Waals surface area contributed by atoms with Gasteiger partial charge in [0.1, 0.15) is 11.6 Å². The molecule has 1 rings (SSSR count). The summed E-state index contributed by atoms with van der Waals surface area (Å²) >= 11 is 0. The van der Waals surface area contributed by atoms with E-state index >= 15 is 0 Å². The number of benzene rings is 1. The van der Waals surface area contributed by atoms with Crippen LogP contribution in [-0.4, -0.2) is 17.5 Å². The van der Waals surface area contributed by atoms with Crippen molar-refractivity contribution in [2.75, 3.05) is 0 Å². The van der Waals surface area contributed by atoms with Crippen molar-refractivity contribution in [3.8, 4) is 5.75 Å². The van der Waals surface area contributed by atoms with Crippen molar-refractivity contribution in [3.05, 3.63) is 29.6 Å². The molecule has 0 atom stereocenters. The molecule has 1 aromatic carbocycles. The molecule has 0 radical (unpaired) electrons. The van der Waals surface area contributed by atoms with Crippen LogP contribution < -0.4 is 15.8 Å². The van der Waals surface area contributed by atoms with Crippen molar-refractivity contribution in [2.24, 2.45) is 5.73 Å². The lowest BCUT2D eigenvalue weighted by Gasteiger charge is -2.21. The number of carbonyl (C=O) groups is 2. The molecule has 0 bridgehead atoms. The van der Waals surface area contributed by atoms with Crippen LogP contribution in [0.2, 0.25) is 0 Å². The third-order valence-corrected chi connectivity index (χ3v) is 1.89. The zero-order valence-electron chi connectivity index (χ0n) is 10.4. The van der Waals surface area contributed by atoms with Crippen LogP contribution in [-0.2, 0) is 0 Å². The molecular weight excluding hydrogens is 239 g/mol. The van der Waals surface area contributed by atoms with Crippen LogP contribution in [0.3, 0.4) is 0 Å². The molecule has 3 N–H and O–H groups in total. The van der Waals surface area contributed by atoms with E-state index in [1.807, 2.05) is 0 Å². The first kappa shape index (κ1) is 14.0. The molecule has 0 unspecified atom stereocenters. The zero-order valence-corrected chi connectivity index (χ0v) is 10.4. The summed E-state index contributed by atoms with van der Waals surface area (Å²) in [5.41, 5.74) is 4.30. The van der Waals surface area contributed by atoms with E-state index in [0.29, 0.717) is 0 Å². The predicted octanol–water partition coefficient (Wildman–Crippen LogP) is 1.81. The Kier molecular flexibility index (Phi) is 3.90. The number of rotatable bonds is 2. The van der Waals surface area contributed by atoms with E-state index < -0.39 is 23.4 Å². The summed E-state index contributed by atoms with van der Waals surface area (Å²) < 4.78 is 17.8. The van der Waals surface area contributed by atoms with Gasteiger partial charge in [0.15, 0.2) is 0 Å². The first-order valence-corrected chi connectivity index (χ1v) is 5.28. The van der Waals surface area contributed by atoms with Gasteiger partial charge >= 0.3 is 6.09 Å². The topological polar surface area (TPSA) is 81.4 Å². The number of nitrogens with one attached hydrogen (secondary N) is 1. The van der Waals surface area contributed by atoms with E-state index in [-0.39, 0.29) is 11.3 Å². The van der Waals surface area contributed by atoms with E-state index in [4.69, 9.17) is 5.73 Å². The summed E-state index contributed by atoms with van der Waals surface area (Å²) in [6, 6.07) is 3.24. The lowest BCUT2D eigenvalue weighted by molar-refractivity contribution is 0.0916. The number of halogens is 1. The molecule has 0 saturated carbocycles. The SMILES string of the molecule is CC(C)(C)NC(=O)c1cc(F)ccc1OC(N)=O. The molecule has 0 aliphatic rings. The Labute approximate surface area is 104 Å². The van der Waals surface area contributed by atoms with Crippen molar-refractivity contribution in [1.29, 1.82) is 0 Å². The minimum Gasteiger partial charge on any atom is -0.410 e. The third-order valence-electron chi connectivity index (χ3n) is 1.89. The average Bonchev–Trinajstić information content (AvgIpc) is 2.17. The summed E-state index contributed by atoms with van der Waals surface area (Å²) in [6.45, 7) is 5.33. The van der Waals surface area contributed by atoms with Crippen molar-refractivity contribution in [2.45, 2.75) is 26.3 Å². The van der Waals surface area contributed by atoms with Crippen LogP contribution in [0.4, 0.5) is 9.18 Å². The molecule has 6 heteroatoms. The molecule has 0 saturated heterocycles. The first-order chi connectivity index (χ1) is 8.19. The summed E-state index contributed by atoms with van der Waals surface area (Å²) in [6.07, 6.45) is -1.06. The van der Waals surface area contributed by atoms with Gasteiger partial charge in [-0.3, -0.25) is 4.79 Å². The highest BCUT2D eigenvalue weighted by Crippen LogP contribution is 2.20. The Morgan fingerprint density at radius 1 is 1.33 bits per heavy atom. The van der Waals surface area contributed by atoms with Crippen molar-refractivity contribution in [1.82, 2.24) is 5.32 Å². The Hall–Kier alpha value is -2.11. The number of hydrogen-bond donors (Lipinski definition) is 2. The van der Waals surface area contributed by atoms with Gasteiger partial charge < -0.3 is 15.8 Å². The van der Waals surface area contributed by atoms with Crippen LogP contribution in [0.1, 0.15) is 31.1 Å². The molecule has 2 amide bonds. The molecule has 0 heterocycles. The van der Waals surface area contributed by atoms with Crippen molar-refractivity contribution in [3.63, 3.8) is 0 Å². The predicted molar refractivity (Wildman–Crippen MR) is 63.8 cm³/mol. The maximum Gasteiger partial charge on any atom is 0.409 e. The molecule has 0 aromatic heterocycles. The lowest BCUT2D eigenvalue weighted by atomic mass is 10.1. The monoisotopic (exact) mass is 254 g/mol. The van der Waals surface area contributed by atoms with Crippen LogP contribution in [0.25, 0.3) is 0 Å². The number of primary amides is 1. The smallest absolute Gasteiger partial charge is 0.409 e. The summed E-state index contributed by atoms with van der Waals surface area (Å²) in [5.74, 6) is -1.23. The molecule has 98 valence electrons. The number of hydrogen-bond acceptors (Lipinski definition) is 3. The van der Waals surface area contributed by atoms with Crippen molar-refractivity contribution < 1.29 is 18.7 Å². The number of ether oxygens (including phenoxy) is 1. The van der Waals surface area contributed by atoms with Gasteiger partial charge in [-0.1, -0.05) is 0 Å². The second kappa shape index (κ2) is 5.03. The normalized spacial score (nSPS) is 10.9. The number of amides is 2. The van der Waals surface area contributed by atoms with Gasteiger partial charge in [-0.05, 0) is 39.0 Å². The number of nitrogens with two attached hydrogens (primary N) is 1. The minimum atomic E-state index is -1.06. The highest BCUT2D eigenvalue weighted by atomic mass is 19.1. The molecule has 0 aliphatic heterocycles. The molecular formula is C12H15FN2O3. The minimum absolute atomic E-state index is 0.0781. The highest BCUT2D eigenvalue weighted by molar-refractivity contribution is 5.98. The van der Waals surface area contributed by atoms with Gasteiger partial charge in [-0.2, -0.15) is 0 Å². The molecule has 1 aromatic rings. The third kappa shape index (κ3) is 4.04. The average molecular weight is 254 g/mol.